The van der Waals surface area contributed by atoms with Crippen molar-refractivity contribution in [3.63, 3.8) is 0 Å². The summed E-state index contributed by atoms with van der Waals surface area (Å²) in [7, 11) is -2.97. The Kier molecular flexibility index (Phi) is 4.89. The van der Waals surface area contributed by atoms with Crippen LogP contribution >= 0.6 is 0 Å². The molecule has 0 amide bonds. The van der Waals surface area contributed by atoms with Gasteiger partial charge in [-0.3, -0.25) is 0 Å². The smallest absolute Gasteiger partial charge is 0.152 e. The first-order valence-corrected chi connectivity index (χ1v) is 10.0. The van der Waals surface area contributed by atoms with Crippen molar-refractivity contribution in [3.05, 3.63) is 42.0 Å². The standard InChI is InChI=1S/C17H21FN4O2S/c1-3-22(15-7-8-25(23,24)11-15)17-10-16(19-12(2)20-17)21-14-6-4-5-13(18)9-14/h4-6,9-10,15H,3,7-8,11H2,1-2H3,(H,19,20,21). The second kappa shape index (κ2) is 6.95. The molecule has 2 heterocycles. The number of hydrogen-bond donors (Lipinski definition) is 1. The van der Waals surface area contributed by atoms with Crippen LogP contribution in [0.3, 0.4) is 0 Å². The maximum atomic E-state index is 13.4. The summed E-state index contributed by atoms with van der Waals surface area (Å²) >= 11 is 0. The van der Waals surface area contributed by atoms with Crippen molar-refractivity contribution in [2.45, 2.75) is 26.3 Å². The molecule has 1 N–H and O–H groups in total. The fraction of sp³-hybridized carbons (Fsp3) is 0.412. The van der Waals surface area contributed by atoms with E-state index in [-0.39, 0.29) is 23.4 Å². The molecular formula is C17H21FN4O2S. The van der Waals surface area contributed by atoms with E-state index in [0.29, 0.717) is 36.1 Å². The average Bonchev–Trinajstić information content (AvgIpc) is 2.87. The molecule has 0 bridgehead atoms. The molecule has 1 aromatic heterocycles. The van der Waals surface area contributed by atoms with Gasteiger partial charge in [0.25, 0.3) is 0 Å². The van der Waals surface area contributed by atoms with Crippen molar-refractivity contribution in [1.82, 2.24) is 9.97 Å². The second-order valence-corrected chi connectivity index (χ2v) is 8.37. The van der Waals surface area contributed by atoms with Crippen molar-refractivity contribution < 1.29 is 12.8 Å². The minimum atomic E-state index is -2.97. The zero-order valence-electron chi connectivity index (χ0n) is 14.2. The van der Waals surface area contributed by atoms with Crippen molar-refractivity contribution >= 4 is 27.2 Å². The first kappa shape index (κ1) is 17.6. The third kappa shape index (κ3) is 4.25. The molecule has 0 radical (unpaired) electrons. The van der Waals surface area contributed by atoms with Gasteiger partial charge >= 0.3 is 0 Å². The van der Waals surface area contributed by atoms with Crippen molar-refractivity contribution in [2.75, 3.05) is 28.3 Å². The molecule has 8 heteroatoms. The maximum absolute atomic E-state index is 13.4. The largest absolute Gasteiger partial charge is 0.353 e. The van der Waals surface area contributed by atoms with Gasteiger partial charge in [0.15, 0.2) is 9.84 Å². The number of sulfone groups is 1. The Labute approximate surface area is 147 Å². The van der Waals surface area contributed by atoms with Crippen LogP contribution in [0.2, 0.25) is 0 Å². The number of halogens is 1. The van der Waals surface area contributed by atoms with Gasteiger partial charge in [-0.25, -0.2) is 22.8 Å². The minimum absolute atomic E-state index is 0.0775. The zero-order chi connectivity index (χ0) is 18.0. The van der Waals surface area contributed by atoms with Crippen LogP contribution in [-0.2, 0) is 9.84 Å². The van der Waals surface area contributed by atoms with Crippen LogP contribution in [0.5, 0.6) is 0 Å². The molecule has 1 saturated heterocycles. The van der Waals surface area contributed by atoms with Gasteiger partial charge in [-0.15, -0.1) is 0 Å². The summed E-state index contributed by atoms with van der Waals surface area (Å²) in [5.41, 5.74) is 0.593. The number of rotatable bonds is 5. The van der Waals surface area contributed by atoms with E-state index in [1.807, 2.05) is 11.8 Å². The highest BCUT2D eigenvalue weighted by Gasteiger charge is 2.32. The monoisotopic (exact) mass is 364 g/mol. The fourth-order valence-electron chi connectivity index (χ4n) is 3.11. The van der Waals surface area contributed by atoms with Gasteiger partial charge in [0, 0.05) is 24.3 Å². The highest BCUT2D eigenvalue weighted by molar-refractivity contribution is 7.91. The molecular weight excluding hydrogens is 343 g/mol. The fourth-order valence-corrected chi connectivity index (χ4v) is 4.84. The summed E-state index contributed by atoms with van der Waals surface area (Å²) in [6, 6.07) is 7.83. The average molecular weight is 364 g/mol. The summed E-state index contributed by atoms with van der Waals surface area (Å²) in [5, 5.41) is 3.08. The number of benzene rings is 1. The molecule has 1 aliphatic heterocycles. The molecule has 3 rings (SSSR count). The molecule has 0 spiro atoms. The summed E-state index contributed by atoms with van der Waals surface area (Å²) in [6.07, 6.45) is 0.603. The van der Waals surface area contributed by atoms with E-state index in [0.717, 1.165) is 0 Å². The summed E-state index contributed by atoms with van der Waals surface area (Å²) in [4.78, 5) is 10.8. The van der Waals surface area contributed by atoms with E-state index in [9.17, 15) is 12.8 Å². The summed E-state index contributed by atoms with van der Waals surface area (Å²) < 4.78 is 36.9. The lowest BCUT2D eigenvalue weighted by Crippen LogP contribution is -2.36. The van der Waals surface area contributed by atoms with Gasteiger partial charge in [0.05, 0.1) is 11.5 Å². The van der Waals surface area contributed by atoms with Crippen molar-refractivity contribution in [1.29, 1.82) is 0 Å². The van der Waals surface area contributed by atoms with Crippen molar-refractivity contribution in [3.8, 4) is 0 Å². The maximum Gasteiger partial charge on any atom is 0.152 e. The Morgan fingerprint density at radius 3 is 2.76 bits per heavy atom. The lowest BCUT2D eigenvalue weighted by atomic mass is 10.2. The van der Waals surface area contributed by atoms with Gasteiger partial charge in [-0.1, -0.05) is 6.07 Å². The molecule has 2 aromatic rings. The number of anilines is 3. The van der Waals surface area contributed by atoms with E-state index in [1.165, 1.54) is 12.1 Å². The Balaban J connectivity index is 1.87. The quantitative estimate of drug-likeness (QED) is 0.879. The highest BCUT2D eigenvalue weighted by Crippen LogP contribution is 2.25. The van der Waals surface area contributed by atoms with Crippen LogP contribution in [0.4, 0.5) is 21.7 Å². The SMILES string of the molecule is CCN(c1cc(Nc2cccc(F)c2)nc(C)n1)C1CCS(=O)(=O)C1. The van der Waals surface area contributed by atoms with Crippen LogP contribution in [-0.4, -0.2) is 42.5 Å². The van der Waals surface area contributed by atoms with E-state index >= 15 is 0 Å². The normalized spacial score (nSPS) is 18.9. The minimum Gasteiger partial charge on any atom is -0.353 e. The van der Waals surface area contributed by atoms with E-state index in [4.69, 9.17) is 0 Å². The summed E-state index contributed by atoms with van der Waals surface area (Å²) in [6.45, 7) is 4.40. The lowest BCUT2D eigenvalue weighted by molar-refractivity contribution is 0.599. The number of nitrogens with one attached hydrogen (secondary N) is 1. The van der Waals surface area contributed by atoms with E-state index < -0.39 is 9.84 Å². The van der Waals surface area contributed by atoms with Crippen LogP contribution in [0.15, 0.2) is 30.3 Å². The first-order chi connectivity index (χ1) is 11.9. The Morgan fingerprint density at radius 2 is 2.12 bits per heavy atom. The van der Waals surface area contributed by atoms with Crippen LogP contribution in [0, 0.1) is 12.7 Å². The second-order valence-electron chi connectivity index (χ2n) is 6.14. The Bertz CT molecular complexity index is 873. The number of aryl methyl sites for hydroxylation is 1. The topological polar surface area (TPSA) is 75.2 Å². The van der Waals surface area contributed by atoms with E-state index in [1.54, 1.807) is 25.1 Å². The molecule has 1 aliphatic rings. The molecule has 1 fully saturated rings. The third-order valence-electron chi connectivity index (χ3n) is 4.21. The lowest BCUT2D eigenvalue weighted by Gasteiger charge is -2.28. The molecule has 25 heavy (non-hydrogen) atoms. The predicted octanol–water partition coefficient (Wildman–Crippen LogP) is 2.68. The molecule has 1 atom stereocenters. The third-order valence-corrected chi connectivity index (χ3v) is 5.96. The molecule has 0 saturated carbocycles. The number of nitrogens with zero attached hydrogens (tertiary/aromatic N) is 3. The Hall–Kier alpha value is -2.22. The van der Waals surface area contributed by atoms with Crippen LogP contribution < -0.4 is 10.2 Å². The molecule has 1 unspecified atom stereocenters. The van der Waals surface area contributed by atoms with Gasteiger partial charge in [-0.05, 0) is 38.5 Å². The van der Waals surface area contributed by atoms with Gasteiger partial charge in [-0.2, -0.15) is 0 Å². The molecule has 1 aromatic carbocycles. The van der Waals surface area contributed by atoms with Crippen LogP contribution in [0.25, 0.3) is 0 Å². The number of hydrogen-bond acceptors (Lipinski definition) is 6. The van der Waals surface area contributed by atoms with E-state index in [2.05, 4.69) is 15.3 Å². The summed E-state index contributed by atoms with van der Waals surface area (Å²) in [5.74, 6) is 1.82. The molecule has 134 valence electrons. The van der Waals surface area contributed by atoms with Crippen LogP contribution in [0.1, 0.15) is 19.2 Å². The zero-order valence-corrected chi connectivity index (χ0v) is 15.1. The van der Waals surface area contributed by atoms with Gasteiger partial charge in [0.2, 0.25) is 0 Å². The van der Waals surface area contributed by atoms with Crippen molar-refractivity contribution in [2.24, 2.45) is 0 Å². The molecule has 0 aliphatic carbocycles. The first-order valence-electron chi connectivity index (χ1n) is 8.21. The molecule has 6 nitrogen and oxygen atoms in total. The number of aromatic nitrogens is 2. The highest BCUT2D eigenvalue weighted by atomic mass is 32.2. The predicted molar refractivity (Wildman–Crippen MR) is 96.5 cm³/mol. The van der Waals surface area contributed by atoms with Gasteiger partial charge < -0.3 is 10.2 Å². The van der Waals surface area contributed by atoms with Gasteiger partial charge in [0.1, 0.15) is 23.3 Å². The Morgan fingerprint density at radius 1 is 1.32 bits per heavy atom.